The fourth-order valence-electron chi connectivity index (χ4n) is 3.64. The minimum atomic E-state index is 0.318. The molecule has 1 atom stereocenters. The van der Waals surface area contributed by atoms with Crippen LogP contribution in [0.1, 0.15) is 24.4 Å². The van der Waals surface area contributed by atoms with Crippen LogP contribution >= 0.6 is 11.3 Å². The highest BCUT2D eigenvalue weighted by Crippen LogP contribution is 2.41. The number of hydrogen-bond donors (Lipinski definition) is 0. The van der Waals surface area contributed by atoms with Gasteiger partial charge in [0, 0.05) is 6.54 Å². The molecule has 4 heterocycles. The van der Waals surface area contributed by atoms with Crippen LogP contribution in [0.15, 0.2) is 36.0 Å². The molecule has 0 spiro atoms. The second-order valence-corrected chi connectivity index (χ2v) is 6.99. The summed E-state index contributed by atoms with van der Waals surface area (Å²) < 4.78 is 11.4. The van der Waals surface area contributed by atoms with Crippen molar-refractivity contribution in [3.05, 3.63) is 41.5 Å². The van der Waals surface area contributed by atoms with Crippen molar-refractivity contribution in [2.45, 2.75) is 18.9 Å². The quantitative estimate of drug-likeness (QED) is 0.711. The fraction of sp³-hybridized carbons (Fsp3) is 0.333. The highest BCUT2D eigenvalue weighted by molar-refractivity contribution is 7.16. The van der Waals surface area contributed by atoms with Crippen LogP contribution in [0.2, 0.25) is 0 Å². The summed E-state index contributed by atoms with van der Waals surface area (Å²) in [6, 6.07) is 8.75. The molecule has 0 saturated carbocycles. The van der Waals surface area contributed by atoms with Crippen LogP contribution in [0.3, 0.4) is 0 Å². The molecule has 24 heavy (non-hydrogen) atoms. The third-order valence-electron chi connectivity index (χ3n) is 4.72. The lowest BCUT2D eigenvalue weighted by molar-refractivity contribution is 0.171. The molecule has 122 valence electrons. The molecule has 5 nitrogen and oxygen atoms in total. The van der Waals surface area contributed by atoms with Gasteiger partial charge in [-0.3, -0.25) is 0 Å². The molecule has 0 unspecified atom stereocenters. The van der Waals surface area contributed by atoms with Crippen LogP contribution in [0.25, 0.3) is 10.2 Å². The molecule has 6 heteroatoms. The smallest absolute Gasteiger partial charge is 0.161 e. The van der Waals surface area contributed by atoms with Crippen molar-refractivity contribution < 1.29 is 9.47 Å². The molecule has 0 aliphatic carbocycles. The van der Waals surface area contributed by atoms with Gasteiger partial charge in [0.15, 0.2) is 11.5 Å². The molecule has 1 saturated heterocycles. The Morgan fingerprint density at radius 2 is 2.00 bits per heavy atom. The van der Waals surface area contributed by atoms with E-state index in [9.17, 15) is 0 Å². The maximum absolute atomic E-state index is 5.75. The summed E-state index contributed by atoms with van der Waals surface area (Å²) in [5.74, 6) is 2.74. The molecule has 1 fully saturated rings. The van der Waals surface area contributed by atoms with Crippen molar-refractivity contribution in [1.29, 1.82) is 0 Å². The van der Waals surface area contributed by atoms with Crippen LogP contribution in [-0.4, -0.2) is 29.7 Å². The maximum atomic E-state index is 5.75. The Labute approximate surface area is 143 Å². The Balaban J connectivity index is 1.55. The summed E-state index contributed by atoms with van der Waals surface area (Å²) in [6.45, 7) is 2.26. The number of fused-ring (bicyclic) bond motifs is 2. The highest BCUT2D eigenvalue weighted by Gasteiger charge is 2.29. The lowest BCUT2D eigenvalue weighted by atomic mass is 10.0. The summed E-state index contributed by atoms with van der Waals surface area (Å²) in [7, 11) is 0. The van der Waals surface area contributed by atoms with Crippen molar-refractivity contribution in [3.63, 3.8) is 0 Å². The molecular formula is C18H17N3O2S. The Morgan fingerprint density at radius 1 is 1.08 bits per heavy atom. The van der Waals surface area contributed by atoms with Crippen molar-refractivity contribution in [2.75, 3.05) is 24.7 Å². The molecule has 2 aliphatic heterocycles. The average Bonchev–Trinajstić information content (AvgIpc) is 3.30. The van der Waals surface area contributed by atoms with Crippen LogP contribution in [-0.2, 0) is 0 Å². The SMILES string of the molecule is c1nc(N2CCC[C@@H]2c2ccc3c(c2)OCCO3)c2ccsc2n1. The highest BCUT2D eigenvalue weighted by atomic mass is 32.1. The average molecular weight is 339 g/mol. The summed E-state index contributed by atoms with van der Waals surface area (Å²) in [4.78, 5) is 12.4. The number of rotatable bonds is 2. The molecule has 0 radical (unpaired) electrons. The van der Waals surface area contributed by atoms with Gasteiger partial charge in [-0.15, -0.1) is 11.3 Å². The second kappa shape index (κ2) is 5.63. The summed E-state index contributed by atoms with van der Waals surface area (Å²) in [5.41, 5.74) is 1.26. The van der Waals surface area contributed by atoms with E-state index >= 15 is 0 Å². The lowest BCUT2D eigenvalue weighted by Gasteiger charge is -2.27. The number of benzene rings is 1. The Bertz CT molecular complexity index is 895. The van der Waals surface area contributed by atoms with E-state index in [-0.39, 0.29) is 0 Å². The third-order valence-corrected chi connectivity index (χ3v) is 5.54. The topological polar surface area (TPSA) is 47.5 Å². The van der Waals surface area contributed by atoms with Gasteiger partial charge in [0.05, 0.1) is 11.4 Å². The fourth-order valence-corrected chi connectivity index (χ4v) is 4.37. The van der Waals surface area contributed by atoms with Gasteiger partial charge in [-0.05, 0) is 42.0 Å². The van der Waals surface area contributed by atoms with Crippen LogP contribution in [0.5, 0.6) is 11.5 Å². The molecule has 5 rings (SSSR count). The number of nitrogens with zero attached hydrogens (tertiary/aromatic N) is 3. The predicted molar refractivity (Wildman–Crippen MR) is 94.2 cm³/mol. The summed E-state index contributed by atoms with van der Waals surface area (Å²) in [6.07, 6.45) is 3.96. The Kier molecular flexibility index (Phi) is 3.29. The number of anilines is 1. The first-order chi connectivity index (χ1) is 11.9. The van der Waals surface area contributed by atoms with E-state index in [1.165, 1.54) is 5.56 Å². The van der Waals surface area contributed by atoms with Gasteiger partial charge in [0.1, 0.15) is 30.2 Å². The third kappa shape index (κ3) is 2.21. The van der Waals surface area contributed by atoms with Crippen molar-refractivity contribution in [3.8, 4) is 11.5 Å². The van der Waals surface area contributed by atoms with Gasteiger partial charge in [-0.25, -0.2) is 9.97 Å². The Hall–Kier alpha value is -2.34. The number of thiophene rings is 1. The van der Waals surface area contributed by atoms with Crippen molar-refractivity contribution in [2.24, 2.45) is 0 Å². The van der Waals surface area contributed by atoms with Gasteiger partial charge < -0.3 is 14.4 Å². The van der Waals surface area contributed by atoms with E-state index in [1.54, 1.807) is 17.7 Å². The molecule has 2 aliphatic rings. The first-order valence-electron chi connectivity index (χ1n) is 8.24. The predicted octanol–water partition coefficient (Wildman–Crippen LogP) is 3.80. The minimum absolute atomic E-state index is 0.318. The van der Waals surface area contributed by atoms with E-state index < -0.39 is 0 Å². The van der Waals surface area contributed by atoms with E-state index in [4.69, 9.17) is 9.47 Å². The first-order valence-corrected chi connectivity index (χ1v) is 9.12. The zero-order chi connectivity index (χ0) is 15.9. The van der Waals surface area contributed by atoms with Crippen molar-refractivity contribution in [1.82, 2.24) is 9.97 Å². The molecule has 0 bridgehead atoms. The number of ether oxygens (including phenoxy) is 2. The van der Waals surface area contributed by atoms with Crippen LogP contribution in [0, 0.1) is 0 Å². The molecule has 2 aromatic heterocycles. The molecule has 1 aromatic carbocycles. The molecule has 3 aromatic rings. The number of aromatic nitrogens is 2. The second-order valence-electron chi connectivity index (χ2n) is 6.09. The van der Waals surface area contributed by atoms with Gasteiger partial charge in [0.25, 0.3) is 0 Å². The van der Waals surface area contributed by atoms with Gasteiger partial charge in [0.2, 0.25) is 0 Å². The van der Waals surface area contributed by atoms with Crippen LogP contribution < -0.4 is 14.4 Å². The van der Waals surface area contributed by atoms with Crippen molar-refractivity contribution >= 4 is 27.4 Å². The van der Waals surface area contributed by atoms with Gasteiger partial charge >= 0.3 is 0 Å². The zero-order valence-electron chi connectivity index (χ0n) is 13.1. The molecule has 0 N–H and O–H groups in total. The number of hydrogen-bond acceptors (Lipinski definition) is 6. The van der Waals surface area contributed by atoms with E-state index in [1.807, 2.05) is 6.07 Å². The molecule has 0 amide bonds. The van der Waals surface area contributed by atoms with Gasteiger partial charge in [-0.2, -0.15) is 0 Å². The monoisotopic (exact) mass is 339 g/mol. The molecular weight excluding hydrogens is 322 g/mol. The minimum Gasteiger partial charge on any atom is -0.486 e. The van der Waals surface area contributed by atoms with Gasteiger partial charge in [-0.1, -0.05) is 6.07 Å². The normalized spacial score (nSPS) is 19.8. The van der Waals surface area contributed by atoms with E-state index in [0.717, 1.165) is 46.9 Å². The van der Waals surface area contributed by atoms with E-state index in [2.05, 4.69) is 38.4 Å². The maximum Gasteiger partial charge on any atom is 0.161 e. The van der Waals surface area contributed by atoms with Crippen LogP contribution in [0.4, 0.5) is 5.82 Å². The largest absolute Gasteiger partial charge is 0.486 e. The van der Waals surface area contributed by atoms with E-state index in [0.29, 0.717) is 19.3 Å². The standard InChI is InChI=1S/C18H17N3O2S/c1-2-14(12-3-4-15-16(10-12)23-8-7-22-15)21(6-1)17-13-5-9-24-18(13)20-11-19-17/h3-5,9-11,14H,1-2,6-8H2/t14-/m1/s1. The zero-order valence-corrected chi connectivity index (χ0v) is 14.0. The summed E-state index contributed by atoms with van der Waals surface area (Å²) >= 11 is 1.66. The summed E-state index contributed by atoms with van der Waals surface area (Å²) in [5, 5.41) is 3.23. The lowest BCUT2D eigenvalue weighted by Crippen LogP contribution is -2.24. The Morgan fingerprint density at radius 3 is 2.96 bits per heavy atom. The first kappa shape index (κ1) is 14.0.